The van der Waals surface area contributed by atoms with Gasteiger partial charge in [0.1, 0.15) is 0 Å². The highest BCUT2D eigenvalue weighted by atomic mass is 31.2. The first-order chi connectivity index (χ1) is 14.9. The van der Waals surface area contributed by atoms with Crippen LogP contribution in [0.25, 0.3) is 10.8 Å². The van der Waals surface area contributed by atoms with Crippen molar-refractivity contribution in [3.63, 3.8) is 0 Å². The third-order valence-electron chi connectivity index (χ3n) is 4.99. The molecule has 0 saturated carbocycles. The highest BCUT2D eigenvalue weighted by Crippen LogP contribution is 2.52. The molecule has 0 atom stereocenters. The summed E-state index contributed by atoms with van der Waals surface area (Å²) < 4.78 is 23.4. The fourth-order valence-corrected chi connectivity index (χ4v) is 5.21. The first kappa shape index (κ1) is 21.1. The lowest BCUT2D eigenvalue weighted by Crippen LogP contribution is -2.41. The Morgan fingerprint density at radius 2 is 1.39 bits per heavy atom. The summed E-state index contributed by atoms with van der Waals surface area (Å²) in [4.78, 5) is 40.9. The summed E-state index contributed by atoms with van der Waals surface area (Å²) in [7, 11) is -4.15. The lowest BCUT2D eigenvalue weighted by atomic mass is 9.93. The molecular formula is C23H20NO6P. The zero-order chi connectivity index (χ0) is 22.2. The summed E-state index contributed by atoms with van der Waals surface area (Å²) in [6.45, 7) is 3.20. The van der Waals surface area contributed by atoms with Gasteiger partial charge >= 0.3 is 7.60 Å². The number of nitrogens with zero attached hydrogens (tertiary/aromatic N) is 1. The van der Waals surface area contributed by atoms with Crippen LogP contribution in [0, 0.1) is 0 Å². The first-order valence-electron chi connectivity index (χ1n) is 9.86. The minimum Gasteiger partial charge on any atom is -0.303 e. The van der Waals surface area contributed by atoms with E-state index in [0.717, 1.165) is 10.3 Å². The van der Waals surface area contributed by atoms with Crippen LogP contribution in [0.5, 0.6) is 0 Å². The van der Waals surface area contributed by atoms with Gasteiger partial charge in [-0.1, -0.05) is 36.4 Å². The molecule has 8 heteroatoms. The average molecular weight is 437 g/mol. The Bertz CT molecular complexity index is 1210. The lowest BCUT2D eigenvalue weighted by Gasteiger charge is -2.29. The van der Waals surface area contributed by atoms with Gasteiger partial charge in [-0.3, -0.25) is 18.9 Å². The number of carbonyl (C=O) groups is 3. The molecule has 0 bridgehead atoms. The minimum atomic E-state index is -4.15. The Morgan fingerprint density at radius 1 is 0.839 bits per heavy atom. The number of hydrogen-bond acceptors (Lipinski definition) is 6. The molecule has 0 unspecified atom stereocenters. The molecule has 1 aliphatic rings. The van der Waals surface area contributed by atoms with Crippen molar-refractivity contribution in [1.82, 2.24) is 0 Å². The summed E-state index contributed by atoms with van der Waals surface area (Å²) in [6.07, 6.45) is 0. The second-order valence-electron chi connectivity index (χ2n) is 6.81. The van der Waals surface area contributed by atoms with E-state index in [0.29, 0.717) is 16.5 Å². The first-order valence-corrected chi connectivity index (χ1v) is 11.4. The van der Waals surface area contributed by atoms with Crippen molar-refractivity contribution in [2.45, 2.75) is 13.8 Å². The van der Waals surface area contributed by atoms with Crippen molar-refractivity contribution < 1.29 is 28.0 Å². The Balaban J connectivity index is 1.87. The van der Waals surface area contributed by atoms with Gasteiger partial charge in [-0.15, -0.1) is 0 Å². The normalized spacial score (nSPS) is 13.7. The van der Waals surface area contributed by atoms with E-state index in [9.17, 15) is 18.9 Å². The fourth-order valence-electron chi connectivity index (χ4n) is 3.74. The molecule has 158 valence electrons. The topological polar surface area (TPSA) is 90.0 Å². The fraction of sp³-hybridized carbons (Fsp3) is 0.174. The van der Waals surface area contributed by atoms with Gasteiger partial charge in [0.15, 0.2) is 0 Å². The average Bonchev–Trinajstić information content (AvgIpc) is 2.77. The largest absolute Gasteiger partial charge is 0.401 e. The molecule has 0 aliphatic carbocycles. The van der Waals surface area contributed by atoms with Gasteiger partial charge in [0, 0.05) is 16.5 Å². The molecule has 1 heterocycles. The lowest BCUT2D eigenvalue weighted by molar-refractivity contribution is 0.0893. The van der Waals surface area contributed by atoms with Crippen molar-refractivity contribution in [2.24, 2.45) is 0 Å². The van der Waals surface area contributed by atoms with Crippen LogP contribution in [0.1, 0.15) is 44.9 Å². The quantitative estimate of drug-likeness (QED) is 0.380. The molecule has 0 saturated heterocycles. The van der Waals surface area contributed by atoms with Crippen molar-refractivity contribution in [2.75, 3.05) is 18.1 Å². The Labute approximate surface area is 179 Å². The van der Waals surface area contributed by atoms with E-state index in [-0.39, 0.29) is 24.5 Å². The molecule has 1 aliphatic heterocycles. The summed E-state index contributed by atoms with van der Waals surface area (Å²) >= 11 is 0. The molecular weight excluding hydrogens is 417 g/mol. The Hall–Kier alpha value is -3.12. The van der Waals surface area contributed by atoms with Gasteiger partial charge in [0.25, 0.3) is 17.3 Å². The molecule has 0 radical (unpaired) electrons. The number of para-hydroxylation sites is 1. The van der Waals surface area contributed by atoms with E-state index in [4.69, 9.17) is 9.05 Å². The third-order valence-corrected chi connectivity index (χ3v) is 6.93. The summed E-state index contributed by atoms with van der Waals surface area (Å²) in [6, 6.07) is 16.5. The van der Waals surface area contributed by atoms with Crippen molar-refractivity contribution in [1.29, 1.82) is 0 Å². The van der Waals surface area contributed by atoms with Gasteiger partial charge in [-0.2, -0.15) is 0 Å². The van der Waals surface area contributed by atoms with Crippen LogP contribution in [-0.2, 0) is 13.6 Å². The SMILES string of the molecule is CCOP(=O)(OCC)C(=O)c1ccccc1N1C(=O)c2cccc3cccc(c23)C1=O. The van der Waals surface area contributed by atoms with Gasteiger partial charge in [-0.05, 0) is 43.5 Å². The second kappa shape index (κ2) is 8.19. The molecule has 0 fully saturated rings. The predicted octanol–water partition coefficient (Wildman–Crippen LogP) is 5.05. The Kier molecular flexibility index (Phi) is 5.58. The molecule has 2 amide bonds. The zero-order valence-electron chi connectivity index (χ0n) is 17.0. The van der Waals surface area contributed by atoms with Crippen LogP contribution in [0.4, 0.5) is 5.69 Å². The van der Waals surface area contributed by atoms with Crippen LogP contribution in [0.3, 0.4) is 0 Å². The zero-order valence-corrected chi connectivity index (χ0v) is 17.9. The van der Waals surface area contributed by atoms with Crippen LogP contribution in [0.15, 0.2) is 60.7 Å². The summed E-state index contributed by atoms with van der Waals surface area (Å²) in [5, 5.41) is 1.35. The van der Waals surface area contributed by atoms with Crippen molar-refractivity contribution >= 4 is 41.4 Å². The molecule has 0 spiro atoms. The van der Waals surface area contributed by atoms with Crippen molar-refractivity contribution in [3.8, 4) is 0 Å². The summed E-state index contributed by atoms with van der Waals surface area (Å²) in [5.41, 5.74) is -0.236. The number of imide groups is 1. The van der Waals surface area contributed by atoms with E-state index in [1.54, 1.807) is 50.2 Å². The maximum atomic E-state index is 13.4. The minimum absolute atomic E-state index is 0.00212. The smallest absolute Gasteiger partial charge is 0.303 e. The number of hydrogen-bond donors (Lipinski definition) is 0. The highest BCUT2D eigenvalue weighted by molar-refractivity contribution is 7.72. The van der Waals surface area contributed by atoms with E-state index in [1.165, 1.54) is 12.1 Å². The van der Waals surface area contributed by atoms with Crippen LogP contribution in [0.2, 0.25) is 0 Å². The molecule has 0 N–H and O–H groups in total. The predicted molar refractivity (Wildman–Crippen MR) is 117 cm³/mol. The van der Waals surface area contributed by atoms with Gasteiger partial charge < -0.3 is 9.05 Å². The number of benzene rings is 3. The van der Waals surface area contributed by atoms with Gasteiger partial charge in [-0.25, -0.2) is 4.90 Å². The molecule has 3 aromatic carbocycles. The van der Waals surface area contributed by atoms with Crippen molar-refractivity contribution in [3.05, 3.63) is 77.4 Å². The highest BCUT2D eigenvalue weighted by Gasteiger charge is 2.40. The molecule has 31 heavy (non-hydrogen) atoms. The van der Waals surface area contributed by atoms with Crippen LogP contribution >= 0.6 is 7.60 Å². The maximum Gasteiger partial charge on any atom is 0.401 e. The monoisotopic (exact) mass is 437 g/mol. The molecule has 3 aromatic rings. The number of amides is 2. The molecule has 4 rings (SSSR count). The Morgan fingerprint density at radius 3 is 1.94 bits per heavy atom. The van der Waals surface area contributed by atoms with E-state index in [2.05, 4.69) is 0 Å². The van der Waals surface area contributed by atoms with Crippen LogP contribution in [-0.4, -0.2) is 30.6 Å². The number of rotatable bonds is 7. The van der Waals surface area contributed by atoms with E-state index < -0.39 is 24.9 Å². The molecule has 0 aromatic heterocycles. The summed E-state index contributed by atoms with van der Waals surface area (Å²) in [5.74, 6) is -1.12. The molecule has 7 nitrogen and oxygen atoms in total. The second-order valence-corrected chi connectivity index (χ2v) is 8.73. The number of anilines is 1. The number of carbonyl (C=O) groups excluding carboxylic acids is 3. The van der Waals surface area contributed by atoms with Gasteiger partial charge in [0.05, 0.1) is 24.5 Å². The van der Waals surface area contributed by atoms with E-state index in [1.807, 2.05) is 12.1 Å². The van der Waals surface area contributed by atoms with Gasteiger partial charge in [0.2, 0.25) is 0 Å². The third kappa shape index (κ3) is 3.41. The maximum absolute atomic E-state index is 13.4. The standard InChI is InChI=1S/C23H20NO6P/c1-3-29-31(28,30-4-2)23(27)16-11-5-6-14-19(16)24-21(25)17-12-7-9-15-10-8-13-18(20(15)17)22(24)26/h5-14H,3-4H2,1-2H3. The van der Waals surface area contributed by atoms with Crippen LogP contribution < -0.4 is 4.90 Å². The van der Waals surface area contributed by atoms with E-state index >= 15 is 0 Å².